The van der Waals surface area contributed by atoms with Crippen LogP contribution in [0.15, 0.2) is 48.5 Å². The largest absolute Gasteiger partial charge is 0.497 e. The summed E-state index contributed by atoms with van der Waals surface area (Å²) in [4.78, 5) is 31.7. The van der Waals surface area contributed by atoms with E-state index in [1.54, 1.807) is 31.4 Å². The number of hydrogen-bond acceptors (Lipinski definition) is 7. The van der Waals surface area contributed by atoms with Crippen LogP contribution in [0.1, 0.15) is 12.5 Å². The number of carbonyl (C=O) groups is 2. The Morgan fingerprint density at radius 2 is 1.94 bits per heavy atom. The smallest absolute Gasteiger partial charge is 0.246 e. The Morgan fingerprint density at radius 1 is 1.18 bits per heavy atom. The van der Waals surface area contributed by atoms with Crippen LogP contribution in [0.2, 0.25) is 0 Å². The highest BCUT2D eigenvalue weighted by Gasteiger charge is 2.17. The highest BCUT2D eigenvalue weighted by molar-refractivity contribution is 7.22. The molecule has 8 nitrogen and oxygen atoms in total. The molecule has 2 heterocycles. The zero-order valence-corrected chi connectivity index (χ0v) is 19.4. The lowest BCUT2D eigenvalue weighted by molar-refractivity contribution is -0.123. The molecule has 1 aromatic heterocycles. The molecule has 1 aliphatic heterocycles. The SMILES string of the molecule is COc1ccc(/C=C/C(=O)NC(C)C(=O)Nc2ccc3nc(N4CCOCC4)sc3c2)cc1. The van der Waals surface area contributed by atoms with Crippen molar-refractivity contribution in [1.82, 2.24) is 10.3 Å². The molecule has 0 spiro atoms. The number of rotatable bonds is 7. The molecule has 3 aromatic rings. The summed E-state index contributed by atoms with van der Waals surface area (Å²) < 4.78 is 11.5. The zero-order chi connectivity index (χ0) is 23.2. The fourth-order valence-corrected chi connectivity index (χ4v) is 4.40. The summed E-state index contributed by atoms with van der Waals surface area (Å²) >= 11 is 1.59. The molecule has 33 heavy (non-hydrogen) atoms. The molecule has 1 saturated heterocycles. The fraction of sp³-hybridized carbons (Fsp3) is 0.292. The Morgan fingerprint density at radius 3 is 2.67 bits per heavy atom. The highest BCUT2D eigenvalue weighted by atomic mass is 32.1. The van der Waals surface area contributed by atoms with E-state index in [1.165, 1.54) is 6.08 Å². The van der Waals surface area contributed by atoms with Gasteiger partial charge in [-0.2, -0.15) is 0 Å². The molecule has 0 bridgehead atoms. The molecular formula is C24H26N4O4S. The Kier molecular flexibility index (Phi) is 7.21. The van der Waals surface area contributed by atoms with Gasteiger partial charge in [-0.1, -0.05) is 23.5 Å². The number of hydrogen-bond donors (Lipinski definition) is 2. The van der Waals surface area contributed by atoms with Gasteiger partial charge in [-0.05, 0) is 48.9 Å². The Balaban J connectivity index is 1.33. The topological polar surface area (TPSA) is 92.8 Å². The van der Waals surface area contributed by atoms with Crippen LogP contribution < -0.4 is 20.3 Å². The lowest BCUT2D eigenvalue weighted by Crippen LogP contribution is -2.40. The Bertz CT molecular complexity index is 1150. The van der Waals surface area contributed by atoms with Gasteiger partial charge in [0.15, 0.2) is 5.13 Å². The molecule has 0 aliphatic carbocycles. The summed E-state index contributed by atoms with van der Waals surface area (Å²) in [5.41, 5.74) is 2.42. The van der Waals surface area contributed by atoms with Crippen LogP contribution in [0.4, 0.5) is 10.8 Å². The standard InChI is InChI=1S/C24H26N4O4S/c1-16(25-22(29)10-5-17-3-7-19(31-2)8-4-17)23(30)26-18-6-9-20-21(15-18)33-24(27-20)28-11-13-32-14-12-28/h3-10,15-16H,11-14H2,1-2H3,(H,25,29)(H,26,30)/b10-5+. The van der Waals surface area contributed by atoms with Crippen LogP contribution in [0, 0.1) is 0 Å². The minimum Gasteiger partial charge on any atom is -0.497 e. The van der Waals surface area contributed by atoms with E-state index in [2.05, 4.69) is 15.5 Å². The molecule has 1 atom stereocenters. The lowest BCUT2D eigenvalue weighted by Gasteiger charge is -2.25. The van der Waals surface area contributed by atoms with E-state index in [0.717, 1.165) is 39.8 Å². The monoisotopic (exact) mass is 466 g/mol. The van der Waals surface area contributed by atoms with Gasteiger partial charge in [-0.3, -0.25) is 9.59 Å². The van der Waals surface area contributed by atoms with E-state index in [4.69, 9.17) is 14.5 Å². The van der Waals surface area contributed by atoms with Gasteiger partial charge >= 0.3 is 0 Å². The second kappa shape index (κ2) is 10.5. The molecule has 1 unspecified atom stereocenters. The maximum Gasteiger partial charge on any atom is 0.246 e. The average Bonchev–Trinajstić information content (AvgIpc) is 3.27. The maximum absolute atomic E-state index is 12.6. The second-order valence-electron chi connectivity index (χ2n) is 7.60. The molecule has 0 radical (unpaired) electrons. The van der Waals surface area contributed by atoms with Gasteiger partial charge in [0.2, 0.25) is 11.8 Å². The van der Waals surface area contributed by atoms with Crippen molar-refractivity contribution in [2.75, 3.05) is 43.6 Å². The summed E-state index contributed by atoms with van der Waals surface area (Å²) in [7, 11) is 1.60. The minimum atomic E-state index is -0.695. The predicted molar refractivity (Wildman–Crippen MR) is 131 cm³/mol. The Labute approximate surface area is 196 Å². The van der Waals surface area contributed by atoms with Gasteiger partial charge < -0.3 is 25.0 Å². The first-order valence-corrected chi connectivity index (χ1v) is 11.5. The third kappa shape index (κ3) is 5.88. The molecule has 9 heteroatoms. The third-order valence-electron chi connectivity index (χ3n) is 5.22. The van der Waals surface area contributed by atoms with Crippen molar-refractivity contribution in [3.05, 3.63) is 54.1 Å². The number of nitrogens with zero attached hydrogens (tertiary/aromatic N) is 2. The number of methoxy groups -OCH3 is 1. The molecule has 2 N–H and O–H groups in total. The molecule has 1 aliphatic rings. The third-order valence-corrected chi connectivity index (χ3v) is 6.30. The number of nitrogens with one attached hydrogen (secondary N) is 2. The number of amides is 2. The van der Waals surface area contributed by atoms with Crippen LogP contribution >= 0.6 is 11.3 Å². The minimum absolute atomic E-state index is 0.293. The summed E-state index contributed by atoms with van der Waals surface area (Å²) in [6.07, 6.45) is 3.09. The number of morpholine rings is 1. The van der Waals surface area contributed by atoms with E-state index < -0.39 is 6.04 Å². The van der Waals surface area contributed by atoms with Crippen LogP contribution in [0.3, 0.4) is 0 Å². The van der Waals surface area contributed by atoms with Gasteiger partial charge in [0.25, 0.3) is 0 Å². The van der Waals surface area contributed by atoms with Gasteiger partial charge in [0.1, 0.15) is 11.8 Å². The zero-order valence-electron chi connectivity index (χ0n) is 18.5. The van der Waals surface area contributed by atoms with Crippen molar-refractivity contribution in [3.8, 4) is 5.75 Å². The molecule has 172 valence electrons. The van der Waals surface area contributed by atoms with E-state index in [0.29, 0.717) is 18.9 Å². The van der Waals surface area contributed by atoms with E-state index >= 15 is 0 Å². The van der Waals surface area contributed by atoms with Gasteiger partial charge in [0.05, 0.1) is 30.5 Å². The van der Waals surface area contributed by atoms with Gasteiger partial charge in [-0.25, -0.2) is 4.98 Å². The molecular weight excluding hydrogens is 440 g/mol. The molecule has 0 saturated carbocycles. The summed E-state index contributed by atoms with van der Waals surface area (Å²) in [6.45, 7) is 4.71. The first kappa shape index (κ1) is 22.8. The normalized spacial score (nSPS) is 14.9. The van der Waals surface area contributed by atoms with E-state index in [-0.39, 0.29) is 11.8 Å². The molecule has 4 rings (SSSR count). The summed E-state index contributed by atoms with van der Waals surface area (Å²) in [5, 5.41) is 6.51. The lowest BCUT2D eigenvalue weighted by atomic mass is 10.2. The van der Waals surface area contributed by atoms with Gasteiger partial charge in [0, 0.05) is 24.9 Å². The highest BCUT2D eigenvalue weighted by Crippen LogP contribution is 2.31. The van der Waals surface area contributed by atoms with E-state index in [9.17, 15) is 9.59 Å². The fourth-order valence-electron chi connectivity index (χ4n) is 3.34. The number of ether oxygens (including phenoxy) is 2. The van der Waals surface area contributed by atoms with Crippen molar-refractivity contribution < 1.29 is 19.1 Å². The average molecular weight is 467 g/mol. The number of anilines is 2. The first-order chi connectivity index (χ1) is 16.0. The van der Waals surface area contributed by atoms with Crippen molar-refractivity contribution in [2.24, 2.45) is 0 Å². The van der Waals surface area contributed by atoms with Crippen molar-refractivity contribution in [3.63, 3.8) is 0 Å². The van der Waals surface area contributed by atoms with Crippen LogP contribution in [0.25, 0.3) is 16.3 Å². The predicted octanol–water partition coefficient (Wildman–Crippen LogP) is 3.30. The number of benzene rings is 2. The summed E-state index contributed by atoms with van der Waals surface area (Å²) in [5.74, 6) is 0.107. The molecule has 2 aromatic carbocycles. The Hall–Kier alpha value is -3.43. The van der Waals surface area contributed by atoms with E-state index in [1.807, 2.05) is 42.5 Å². The quantitative estimate of drug-likeness (QED) is 0.519. The second-order valence-corrected chi connectivity index (χ2v) is 8.61. The number of aromatic nitrogens is 1. The summed E-state index contributed by atoms with van der Waals surface area (Å²) in [6, 6.07) is 12.3. The number of thiazole rings is 1. The number of fused-ring (bicyclic) bond motifs is 1. The number of carbonyl (C=O) groups excluding carboxylic acids is 2. The van der Waals surface area contributed by atoms with Crippen molar-refractivity contribution in [2.45, 2.75) is 13.0 Å². The van der Waals surface area contributed by atoms with Crippen LogP contribution in [-0.2, 0) is 14.3 Å². The van der Waals surface area contributed by atoms with Crippen LogP contribution in [0.5, 0.6) is 5.75 Å². The van der Waals surface area contributed by atoms with Crippen molar-refractivity contribution in [1.29, 1.82) is 0 Å². The van der Waals surface area contributed by atoms with Crippen LogP contribution in [-0.4, -0.2) is 56.3 Å². The molecule has 2 amide bonds. The maximum atomic E-state index is 12.6. The molecule has 1 fully saturated rings. The first-order valence-electron chi connectivity index (χ1n) is 10.7. The van der Waals surface area contributed by atoms with Crippen molar-refractivity contribution >= 4 is 50.3 Å². The van der Waals surface area contributed by atoms with Gasteiger partial charge in [-0.15, -0.1) is 0 Å².